The summed E-state index contributed by atoms with van der Waals surface area (Å²) in [5, 5.41) is 11.0. The zero-order valence-electron chi connectivity index (χ0n) is 16.6. The number of ether oxygens (including phenoxy) is 1. The van der Waals surface area contributed by atoms with Gasteiger partial charge in [0.25, 0.3) is 5.69 Å². The normalized spacial score (nSPS) is 15.1. The molecule has 29 heavy (non-hydrogen) atoms. The topological polar surface area (TPSA) is 75.9 Å². The Bertz CT molecular complexity index is 851. The summed E-state index contributed by atoms with van der Waals surface area (Å²) in [5.41, 5.74) is 2.07. The monoisotopic (exact) mass is 415 g/mol. The Labute approximate surface area is 174 Å². The standard InChI is InChI=1S/C21H25N3O4S/c1-16(17-4-3-5-19(14-17)24(26)27)29-15-21(25)23-12-10-22(11-13-23)18-6-8-20(28-2)9-7-18/h3-9,14,16H,10-13,15H2,1-2H3/t16-/m1/s1. The molecule has 8 heteroatoms. The number of hydrogen-bond donors (Lipinski definition) is 0. The molecule has 0 N–H and O–H groups in total. The number of nitro benzene ring substituents is 1. The summed E-state index contributed by atoms with van der Waals surface area (Å²) in [6.45, 7) is 4.94. The average Bonchev–Trinajstić information content (AvgIpc) is 2.77. The molecule has 7 nitrogen and oxygen atoms in total. The lowest BCUT2D eigenvalue weighted by Crippen LogP contribution is -2.49. The zero-order chi connectivity index (χ0) is 20.8. The Morgan fingerprint density at radius 2 is 1.86 bits per heavy atom. The van der Waals surface area contributed by atoms with Gasteiger partial charge in [-0.25, -0.2) is 0 Å². The molecule has 1 heterocycles. The van der Waals surface area contributed by atoms with Gasteiger partial charge in [-0.2, -0.15) is 0 Å². The average molecular weight is 416 g/mol. The molecule has 0 unspecified atom stereocenters. The largest absolute Gasteiger partial charge is 0.497 e. The van der Waals surface area contributed by atoms with Crippen molar-refractivity contribution in [3.05, 3.63) is 64.2 Å². The lowest BCUT2D eigenvalue weighted by atomic mass is 10.1. The lowest BCUT2D eigenvalue weighted by molar-refractivity contribution is -0.384. The van der Waals surface area contributed by atoms with Gasteiger partial charge in [0.2, 0.25) is 5.91 Å². The lowest BCUT2D eigenvalue weighted by Gasteiger charge is -2.36. The SMILES string of the molecule is COc1ccc(N2CCN(C(=O)CS[C@H](C)c3cccc([N+](=O)[O-])c3)CC2)cc1. The first-order chi connectivity index (χ1) is 14.0. The van der Waals surface area contributed by atoms with Gasteiger partial charge in [0.05, 0.1) is 17.8 Å². The van der Waals surface area contributed by atoms with E-state index in [1.165, 1.54) is 17.8 Å². The maximum Gasteiger partial charge on any atom is 0.269 e. The molecule has 0 aromatic heterocycles. The van der Waals surface area contributed by atoms with Gasteiger partial charge in [-0.15, -0.1) is 11.8 Å². The van der Waals surface area contributed by atoms with E-state index < -0.39 is 4.92 Å². The van der Waals surface area contributed by atoms with E-state index in [-0.39, 0.29) is 16.8 Å². The second-order valence-electron chi connectivity index (χ2n) is 6.87. The molecule has 154 valence electrons. The van der Waals surface area contributed by atoms with E-state index in [0.717, 1.165) is 30.1 Å². The number of nitro groups is 1. The van der Waals surface area contributed by atoms with Crippen molar-refractivity contribution in [1.82, 2.24) is 4.90 Å². The van der Waals surface area contributed by atoms with Crippen LogP contribution in [0.4, 0.5) is 11.4 Å². The third-order valence-corrected chi connectivity index (χ3v) is 6.26. The fourth-order valence-corrected chi connectivity index (χ4v) is 4.20. The smallest absolute Gasteiger partial charge is 0.269 e. The number of amides is 1. The second-order valence-corrected chi connectivity index (χ2v) is 8.20. The first kappa shape index (κ1) is 21.0. The van der Waals surface area contributed by atoms with Crippen molar-refractivity contribution in [2.24, 2.45) is 0 Å². The predicted octanol–water partition coefficient (Wildman–Crippen LogP) is 3.75. The van der Waals surface area contributed by atoms with Crippen LogP contribution in [0.1, 0.15) is 17.7 Å². The van der Waals surface area contributed by atoms with Crippen molar-refractivity contribution in [3.63, 3.8) is 0 Å². The van der Waals surface area contributed by atoms with Crippen LogP contribution in [0.3, 0.4) is 0 Å². The van der Waals surface area contributed by atoms with E-state index in [2.05, 4.69) is 4.90 Å². The van der Waals surface area contributed by atoms with E-state index >= 15 is 0 Å². The maximum absolute atomic E-state index is 12.6. The van der Waals surface area contributed by atoms with E-state index in [9.17, 15) is 14.9 Å². The minimum Gasteiger partial charge on any atom is -0.497 e. The zero-order valence-corrected chi connectivity index (χ0v) is 17.4. The van der Waals surface area contributed by atoms with Crippen molar-refractivity contribution >= 4 is 29.0 Å². The number of carbonyl (C=O) groups is 1. The number of nitrogens with zero attached hydrogens (tertiary/aromatic N) is 3. The van der Waals surface area contributed by atoms with Gasteiger partial charge in [-0.1, -0.05) is 12.1 Å². The molecule has 1 aliphatic heterocycles. The molecule has 1 amide bonds. The van der Waals surface area contributed by atoms with Crippen molar-refractivity contribution < 1.29 is 14.5 Å². The number of piperazine rings is 1. The molecular formula is C21H25N3O4S. The Balaban J connectivity index is 1.48. The summed E-state index contributed by atoms with van der Waals surface area (Å²) in [6.07, 6.45) is 0. The number of anilines is 1. The van der Waals surface area contributed by atoms with Crippen LogP contribution in [0.2, 0.25) is 0 Å². The minimum atomic E-state index is -0.395. The highest BCUT2D eigenvalue weighted by Gasteiger charge is 2.22. The van der Waals surface area contributed by atoms with Crippen molar-refractivity contribution in [2.45, 2.75) is 12.2 Å². The molecule has 0 saturated carbocycles. The summed E-state index contributed by atoms with van der Waals surface area (Å²) in [6, 6.07) is 14.6. The molecule has 1 saturated heterocycles. The van der Waals surface area contributed by atoms with Crippen LogP contribution in [0, 0.1) is 10.1 Å². The molecule has 3 rings (SSSR count). The molecule has 1 atom stereocenters. The molecule has 0 aliphatic carbocycles. The van der Waals surface area contributed by atoms with Gasteiger partial charge in [-0.05, 0) is 36.8 Å². The summed E-state index contributed by atoms with van der Waals surface area (Å²) >= 11 is 1.51. The van der Waals surface area contributed by atoms with Crippen LogP contribution in [0.15, 0.2) is 48.5 Å². The summed E-state index contributed by atoms with van der Waals surface area (Å²) in [5.74, 6) is 1.31. The molecule has 2 aromatic carbocycles. The van der Waals surface area contributed by atoms with Crippen LogP contribution < -0.4 is 9.64 Å². The van der Waals surface area contributed by atoms with Crippen LogP contribution in [0.25, 0.3) is 0 Å². The fraction of sp³-hybridized carbons (Fsp3) is 0.381. The Hall–Kier alpha value is -2.74. The molecule has 2 aromatic rings. The fourth-order valence-electron chi connectivity index (χ4n) is 3.28. The number of carbonyl (C=O) groups excluding carboxylic acids is 1. The van der Waals surface area contributed by atoms with Crippen LogP contribution in [-0.2, 0) is 4.79 Å². The van der Waals surface area contributed by atoms with Crippen molar-refractivity contribution in [1.29, 1.82) is 0 Å². The van der Waals surface area contributed by atoms with Crippen LogP contribution >= 0.6 is 11.8 Å². The number of thioether (sulfide) groups is 1. The first-order valence-electron chi connectivity index (χ1n) is 9.50. The second kappa shape index (κ2) is 9.65. The number of benzene rings is 2. The van der Waals surface area contributed by atoms with Crippen molar-refractivity contribution in [3.8, 4) is 5.75 Å². The number of hydrogen-bond acceptors (Lipinski definition) is 6. The van der Waals surface area contributed by atoms with E-state index in [1.54, 1.807) is 19.2 Å². The maximum atomic E-state index is 12.6. The molecule has 0 bridgehead atoms. The number of rotatable bonds is 7. The molecule has 1 fully saturated rings. The summed E-state index contributed by atoms with van der Waals surface area (Å²) < 4.78 is 5.19. The van der Waals surface area contributed by atoms with Crippen LogP contribution in [-0.4, -0.2) is 54.8 Å². The Morgan fingerprint density at radius 3 is 2.48 bits per heavy atom. The number of non-ortho nitro benzene ring substituents is 1. The van der Waals surface area contributed by atoms with Gasteiger partial charge in [0.15, 0.2) is 0 Å². The molecule has 1 aliphatic rings. The van der Waals surface area contributed by atoms with Gasteiger partial charge >= 0.3 is 0 Å². The highest BCUT2D eigenvalue weighted by Crippen LogP contribution is 2.30. The summed E-state index contributed by atoms with van der Waals surface area (Å²) in [4.78, 5) is 27.3. The highest BCUT2D eigenvalue weighted by molar-refractivity contribution is 8.00. The number of methoxy groups -OCH3 is 1. The summed E-state index contributed by atoms with van der Waals surface area (Å²) in [7, 11) is 1.65. The Kier molecular flexibility index (Phi) is 6.98. The molecular weight excluding hydrogens is 390 g/mol. The van der Waals surface area contributed by atoms with Gasteiger partial charge in [0, 0.05) is 49.2 Å². The quantitative estimate of drug-likeness (QED) is 0.506. The Morgan fingerprint density at radius 1 is 1.17 bits per heavy atom. The van der Waals surface area contributed by atoms with Gasteiger partial charge in [0.1, 0.15) is 5.75 Å². The predicted molar refractivity (Wildman–Crippen MR) is 116 cm³/mol. The van der Waals surface area contributed by atoms with E-state index in [1.807, 2.05) is 42.2 Å². The van der Waals surface area contributed by atoms with E-state index in [4.69, 9.17) is 4.74 Å². The van der Waals surface area contributed by atoms with Gasteiger partial charge in [-0.3, -0.25) is 14.9 Å². The van der Waals surface area contributed by atoms with Crippen molar-refractivity contribution in [2.75, 3.05) is 43.9 Å². The first-order valence-corrected chi connectivity index (χ1v) is 10.6. The van der Waals surface area contributed by atoms with Crippen LogP contribution in [0.5, 0.6) is 5.75 Å². The third-order valence-electron chi connectivity index (χ3n) is 5.08. The molecule has 0 radical (unpaired) electrons. The molecule has 0 spiro atoms. The van der Waals surface area contributed by atoms with Gasteiger partial charge < -0.3 is 14.5 Å². The minimum absolute atomic E-state index is 0.0134. The van der Waals surface area contributed by atoms with E-state index in [0.29, 0.717) is 18.8 Å². The highest BCUT2D eigenvalue weighted by atomic mass is 32.2. The third kappa shape index (κ3) is 5.41.